The molecule has 0 aromatic heterocycles. The van der Waals surface area contributed by atoms with Gasteiger partial charge in [0.15, 0.2) is 0 Å². The predicted octanol–water partition coefficient (Wildman–Crippen LogP) is -0.187. The lowest BCUT2D eigenvalue weighted by Crippen LogP contribution is -2.28. The normalized spacial score (nSPS) is 28.3. The van der Waals surface area contributed by atoms with Crippen LogP contribution in [0.25, 0.3) is 0 Å². The fourth-order valence-corrected chi connectivity index (χ4v) is 1.41. The maximum Gasteiger partial charge on any atom is 0.212 e. The minimum absolute atomic E-state index is 0.0291. The van der Waals surface area contributed by atoms with Gasteiger partial charge in [0.1, 0.15) is 0 Å². The zero-order chi connectivity index (χ0) is 8.97. The Balaban J connectivity index is 2.52. The van der Waals surface area contributed by atoms with Gasteiger partial charge in [0.05, 0.1) is 12.0 Å². The molecule has 1 heterocycles. The van der Waals surface area contributed by atoms with E-state index in [2.05, 4.69) is 11.2 Å². The standard InChI is InChI=1S/C9H13NO2/c1-3-8(11)7-5-10-6-9(7)12-4-2/h1,7,9-10H,4-6H2,2H3. The predicted molar refractivity (Wildman–Crippen MR) is 45.6 cm³/mol. The van der Waals surface area contributed by atoms with Crippen molar-refractivity contribution in [1.29, 1.82) is 0 Å². The lowest BCUT2D eigenvalue weighted by atomic mass is 10.0. The highest BCUT2D eigenvalue weighted by atomic mass is 16.5. The molecule has 0 aromatic carbocycles. The molecule has 1 fully saturated rings. The van der Waals surface area contributed by atoms with E-state index in [9.17, 15) is 4.79 Å². The fraction of sp³-hybridized carbons (Fsp3) is 0.667. The van der Waals surface area contributed by atoms with Gasteiger partial charge in [-0.3, -0.25) is 4.79 Å². The first-order valence-electron chi connectivity index (χ1n) is 4.12. The maximum absolute atomic E-state index is 11.1. The van der Waals surface area contributed by atoms with E-state index in [0.29, 0.717) is 13.2 Å². The fourth-order valence-electron chi connectivity index (χ4n) is 1.41. The summed E-state index contributed by atoms with van der Waals surface area (Å²) in [5, 5.41) is 3.08. The van der Waals surface area contributed by atoms with Crippen molar-refractivity contribution in [3.05, 3.63) is 0 Å². The Morgan fingerprint density at radius 2 is 2.50 bits per heavy atom. The Labute approximate surface area is 72.5 Å². The van der Waals surface area contributed by atoms with Crippen molar-refractivity contribution in [3.8, 4) is 12.3 Å². The molecule has 3 heteroatoms. The Morgan fingerprint density at radius 3 is 3.08 bits per heavy atom. The highest BCUT2D eigenvalue weighted by Gasteiger charge is 2.32. The molecule has 1 N–H and O–H groups in total. The molecule has 1 aliphatic heterocycles. The molecule has 0 aromatic rings. The van der Waals surface area contributed by atoms with E-state index in [-0.39, 0.29) is 17.8 Å². The summed E-state index contributed by atoms with van der Waals surface area (Å²) in [7, 11) is 0. The molecule has 0 aliphatic carbocycles. The Kier molecular flexibility index (Phi) is 3.27. The van der Waals surface area contributed by atoms with Crippen LogP contribution in [-0.4, -0.2) is 31.6 Å². The summed E-state index contributed by atoms with van der Waals surface area (Å²) < 4.78 is 5.36. The second-order valence-electron chi connectivity index (χ2n) is 2.77. The molecule has 12 heavy (non-hydrogen) atoms. The molecule has 1 saturated heterocycles. The number of ether oxygens (including phenoxy) is 1. The van der Waals surface area contributed by atoms with Crippen LogP contribution in [-0.2, 0) is 9.53 Å². The third-order valence-electron chi connectivity index (χ3n) is 2.02. The average Bonchev–Trinajstić information content (AvgIpc) is 2.52. The van der Waals surface area contributed by atoms with Gasteiger partial charge in [-0.05, 0) is 12.8 Å². The number of terminal acetylenes is 1. The van der Waals surface area contributed by atoms with Crippen LogP contribution in [0.2, 0.25) is 0 Å². The van der Waals surface area contributed by atoms with Crippen LogP contribution in [0.4, 0.5) is 0 Å². The molecule has 0 saturated carbocycles. The van der Waals surface area contributed by atoms with Crippen molar-refractivity contribution in [2.75, 3.05) is 19.7 Å². The first kappa shape index (κ1) is 9.24. The monoisotopic (exact) mass is 167 g/mol. The summed E-state index contributed by atoms with van der Waals surface area (Å²) in [5.74, 6) is 1.84. The van der Waals surface area contributed by atoms with E-state index in [1.807, 2.05) is 6.92 Å². The molecule has 0 radical (unpaired) electrons. The summed E-state index contributed by atoms with van der Waals surface area (Å²) in [4.78, 5) is 11.1. The van der Waals surface area contributed by atoms with Crippen LogP contribution in [0.5, 0.6) is 0 Å². The molecule has 66 valence electrons. The Morgan fingerprint density at radius 1 is 1.75 bits per heavy atom. The number of rotatable bonds is 3. The zero-order valence-electron chi connectivity index (χ0n) is 7.17. The largest absolute Gasteiger partial charge is 0.376 e. The smallest absolute Gasteiger partial charge is 0.212 e. The van der Waals surface area contributed by atoms with E-state index < -0.39 is 0 Å². The first-order valence-corrected chi connectivity index (χ1v) is 4.12. The molecule has 1 aliphatic rings. The van der Waals surface area contributed by atoms with E-state index in [4.69, 9.17) is 11.2 Å². The Bertz CT molecular complexity index is 207. The average molecular weight is 167 g/mol. The lowest BCUT2D eigenvalue weighted by molar-refractivity contribution is -0.120. The summed E-state index contributed by atoms with van der Waals surface area (Å²) in [6.45, 7) is 3.91. The minimum Gasteiger partial charge on any atom is -0.376 e. The van der Waals surface area contributed by atoms with Crippen LogP contribution >= 0.6 is 0 Å². The number of nitrogens with one attached hydrogen (secondary N) is 1. The summed E-state index contributed by atoms with van der Waals surface area (Å²) in [6.07, 6.45) is 5.00. The van der Waals surface area contributed by atoms with Gasteiger partial charge in [-0.25, -0.2) is 0 Å². The van der Waals surface area contributed by atoms with Gasteiger partial charge in [0, 0.05) is 19.7 Å². The molecule has 2 unspecified atom stereocenters. The first-order chi connectivity index (χ1) is 5.79. The minimum atomic E-state index is -0.154. The molecule has 1 rings (SSSR count). The number of carbonyl (C=O) groups is 1. The second-order valence-corrected chi connectivity index (χ2v) is 2.77. The SMILES string of the molecule is C#CC(=O)C1CNCC1OCC. The highest BCUT2D eigenvalue weighted by Crippen LogP contribution is 2.13. The van der Waals surface area contributed by atoms with Gasteiger partial charge >= 0.3 is 0 Å². The van der Waals surface area contributed by atoms with Crippen molar-refractivity contribution in [2.24, 2.45) is 5.92 Å². The van der Waals surface area contributed by atoms with Crippen LogP contribution in [0.15, 0.2) is 0 Å². The third-order valence-corrected chi connectivity index (χ3v) is 2.02. The molecule has 0 spiro atoms. The van der Waals surface area contributed by atoms with Gasteiger partial charge in [-0.1, -0.05) is 0 Å². The maximum atomic E-state index is 11.1. The number of ketones is 1. The van der Waals surface area contributed by atoms with Crippen molar-refractivity contribution < 1.29 is 9.53 Å². The van der Waals surface area contributed by atoms with E-state index in [0.717, 1.165) is 6.54 Å². The van der Waals surface area contributed by atoms with Crippen molar-refractivity contribution in [1.82, 2.24) is 5.32 Å². The van der Waals surface area contributed by atoms with Gasteiger partial charge in [0.25, 0.3) is 0 Å². The van der Waals surface area contributed by atoms with E-state index in [1.54, 1.807) is 0 Å². The highest BCUT2D eigenvalue weighted by molar-refractivity contribution is 5.97. The van der Waals surface area contributed by atoms with Crippen LogP contribution < -0.4 is 5.32 Å². The van der Waals surface area contributed by atoms with Gasteiger partial charge in [-0.2, -0.15) is 0 Å². The topological polar surface area (TPSA) is 38.3 Å². The van der Waals surface area contributed by atoms with Crippen LogP contribution in [0.3, 0.4) is 0 Å². The molecular weight excluding hydrogens is 154 g/mol. The molecule has 2 atom stereocenters. The number of carbonyl (C=O) groups excluding carboxylic acids is 1. The van der Waals surface area contributed by atoms with Gasteiger partial charge in [-0.15, -0.1) is 6.42 Å². The molecule has 0 bridgehead atoms. The number of hydrogen-bond donors (Lipinski definition) is 1. The van der Waals surface area contributed by atoms with Gasteiger partial charge in [0.2, 0.25) is 5.78 Å². The van der Waals surface area contributed by atoms with Crippen LogP contribution in [0.1, 0.15) is 6.92 Å². The molecule has 3 nitrogen and oxygen atoms in total. The third kappa shape index (κ3) is 1.84. The van der Waals surface area contributed by atoms with Crippen molar-refractivity contribution >= 4 is 5.78 Å². The van der Waals surface area contributed by atoms with Crippen molar-refractivity contribution in [2.45, 2.75) is 13.0 Å². The quantitative estimate of drug-likeness (QED) is 0.468. The number of hydrogen-bond acceptors (Lipinski definition) is 3. The van der Waals surface area contributed by atoms with Gasteiger partial charge < -0.3 is 10.1 Å². The molecule has 0 amide bonds. The van der Waals surface area contributed by atoms with E-state index in [1.165, 1.54) is 0 Å². The summed E-state index contributed by atoms with van der Waals surface area (Å²) >= 11 is 0. The van der Waals surface area contributed by atoms with Crippen LogP contribution in [0, 0.1) is 18.3 Å². The van der Waals surface area contributed by atoms with E-state index >= 15 is 0 Å². The summed E-state index contributed by atoms with van der Waals surface area (Å²) in [6, 6.07) is 0. The zero-order valence-corrected chi connectivity index (χ0v) is 7.17. The lowest BCUT2D eigenvalue weighted by Gasteiger charge is -2.14. The van der Waals surface area contributed by atoms with Crippen molar-refractivity contribution in [3.63, 3.8) is 0 Å². The number of Topliss-reactive ketones (excluding diaryl/α,β-unsaturated/α-hetero) is 1. The Hall–Kier alpha value is -0.850. The second kappa shape index (κ2) is 4.24. The summed E-state index contributed by atoms with van der Waals surface area (Å²) in [5.41, 5.74) is 0. The molecular formula is C9H13NO2.